The number of amides is 2. The quantitative estimate of drug-likeness (QED) is 0.750. The van der Waals surface area contributed by atoms with Gasteiger partial charge in [-0.1, -0.05) is 0 Å². The van der Waals surface area contributed by atoms with Gasteiger partial charge in [-0.3, -0.25) is 14.3 Å². The second kappa shape index (κ2) is 6.89. The second-order valence-electron chi connectivity index (χ2n) is 4.39. The molecule has 0 aliphatic heterocycles. The Hall–Kier alpha value is -2.35. The minimum Gasteiger partial charge on any atom is -0.378 e. The van der Waals surface area contributed by atoms with E-state index in [1.807, 2.05) is 11.4 Å². The maximum Gasteiger partial charge on any atom is 0.241 e. The number of anilines is 2. The van der Waals surface area contributed by atoms with Crippen LogP contribution >= 0.6 is 11.3 Å². The lowest BCUT2D eigenvalue weighted by molar-refractivity contribution is -0.121. The summed E-state index contributed by atoms with van der Waals surface area (Å²) in [6.07, 6.45) is 3.43. The standard InChI is InChI=1S/C13H17N5O2S/c1-9(19)17-11-3-4-21-12(11)6-15-10-5-16-18(7-10)8-13(20)14-2/h3-5,7,15H,6,8H2,1-2H3,(H,14,20)(H,17,19). The molecule has 112 valence electrons. The van der Waals surface area contributed by atoms with E-state index in [-0.39, 0.29) is 18.4 Å². The molecule has 0 bridgehead atoms. The van der Waals surface area contributed by atoms with Crippen LogP contribution in [0.25, 0.3) is 0 Å². The maximum absolute atomic E-state index is 11.3. The molecule has 2 amide bonds. The predicted octanol–water partition coefficient (Wildman–Crippen LogP) is 1.26. The molecule has 3 N–H and O–H groups in total. The van der Waals surface area contributed by atoms with E-state index in [4.69, 9.17) is 0 Å². The molecule has 0 saturated carbocycles. The van der Waals surface area contributed by atoms with E-state index in [1.54, 1.807) is 35.5 Å². The highest BCUT2D eigenvalue weighted by atomic mass is 32.1. The molecule has 2 aromatic rings. The number of likely N-dealkylation sites (N-methyl/N-ethyl adjacent to an activating group) is 1. The number of carbonyl (C=O) groups excluding carboxylic acids is 2. The monoisotopic (exact) mass is 307 g/mol. The molecule has 0 atom stereocenters. The maximum atomic E-state index is 11.3. The van der Waals surface area contributed by atoms with Crippen LogP contribution in [0.5, 0.6) is 0 Å². The summed E-state index contributed by atoms with van der Waals surface area (Å²) in [5.41, 5.74) is 1.64. The van der Waals surface area contributed by atoms with Gasteiger partial charge in [0, 0.05) is 25.0 Å². The topological polar surface area (TPSA) is 88.0 Å². The SMILES string of the molecule is CNC(=O)Cn1cc(NCc2sccc2NC(C)=O)cn1. The first-order valence-corrected chi connectivity index (χ1v) is 7.27. The Kier molecular flexibility index (Phi) is 4.94. The van der Waals surface area contributed by atoms with Crippen LogP contribution in [0.1, 0.15) is 11.8 Å². The molecule has 2 heterocycles. The van der Waals surface area contributed by atoms with Gasteiger partial charge in [0.05, 0.1) is 24.1 Å². The smallest absolute Gasteiger partial charge is 0.241 e. The number of rotatable bonds is 6. The van der Waals surface area contributed by atoms with Crippen molar-refractivity contribution < 1.29 is 9.59 Å². The minimum atomic E-state index is -0.101. The number of carbonyl (C=O) groups is 2. The van der Waals surface area contributed by atoms with Gasteiger partial charge in [0.1, 0.15) is 6.54 Å². The number of nitrogens with zero attached hydrogens (tertiary/aromatic N) is 2. The fourth-order valence-electron chi connectivity index (χ4n) is 1.73. The van der Waals surface area contributed by atoms with Crippen LogP contribution in [0, 0.1) is 0 Å². The molecule has 0 spiro atoms. The van der Waals surface area contributed by atoms with Crippen LogP contribution in [0.4, 0.5) is 11.4 Å². The fourth-order valence-corrected chi connectivity index (χ4v) is 2.50. The number of hydrogen-bond acceptors (Lipinski definition) is 5. The van der Waals surface area contributed by atoms with Crippen LogP contribution in [-0.4, -0.2) is 28.6 Å². The summed E-state index contributed by atoms with van der Waals surface area (Å²) in [4.78, 5) is 23.4. The molecule has 0 unspecified atom stereocenters. The Morgan fingerprint density at radius 3 is 2.95 bits per heavy atom. The zero-order valence-electron chi connectivity index (χ0n) is 11.8. The van der Waals surface area contributed by atoms with Gasteiger partial charge in [-0.2, -0.15) is 5.10 Å². The highest BCUT2D eigenvalue weighted by Crippen LogP contribution is 2.23. The first-order chi connectivity index (χ1) is 10.1. The molecule has 0 aliphatic carbocycles. The van der Waals surface area contributed by atoms with Gasteiger partial charge in [-0.05, 0) is 11.4 Å². The van der Waals surface area contributed by atoms with Crippen molar-refractivity contribution >= 4 is 34.5 Å². The highest BCUT2D eigenvalue weighted by Gasteiger charge is 2.07. The number of thiophene rings is 1. The van der Waals surface area contributed by atoms with Gasteiger partial charge in [-0.25, -0.2) is 0 Å². The molecule has 0 radical (unpaired) electrons. The Bertz CT molecular complexity index is 634. The Morgan fingerprint density at radius 1 is 1.43 bits per heavy atom. The summed E-state index contributed by atoms with van der Waals surface area (Å²) >= 11 is 1.56. The average molecular weight is 307 g/mol. The Balaban J connectivity index is 1.93. The Labute approximate surface area is 126 Å². The average Bonchev–Trinajstić information content (AvgIpc) is 3.05. The third-order valence-corrected chi connectivity index (χ3v) is 3.65. The van der Waals surface area contributed by atoms with E-state index in [1.165, 1.54) is 6.92 Å². The molecule has 8 heteroatoms. The largest absolute Gasteiger partial charge is 0.378 e. The van der Waals surface area contributed by atoms with Crippen LogP contribution in [0.2, 0.25) is 0 Å². The minimum absolute atomic E-state index is 0.0898. The van der Waals surface area contributed by atoms with Crippen molar-refractivity contribution in [2.75, 3.05) is 17.7 Å². The normalized spacial score (nSPS) is 10.2. The lowest BCUT2D eigenvalue weighted by atomic mass is 10.3. The number of hydrogen-bond donors (Lipinski definition) is 3. The van der Waals surface area contributed by atoms with Crippen molar-refractivity contribution in [2.45, 2.75) is 20.0 Å². The molecule has 0 aliphatic rings. The lowest BCUT2D eigenvalue weighted by Gasteiger charge is -2.05. The molecule has 21 heavy (non-hydrogen) atoms. The van der Waals surface area contributed by atoms with Crippen LogP contribution in [-0.2, 0) is 22.7 Å². The predicted molar refractivity (Wildman–Crippen MR) is 82.2 cm³/mol. The van der Waals surface area contributed by atoms with E-state index in [9.17, 15) is 9.59 Å². The summed E-state index contributed by atoms with van der Waals surface area (Å²) in [5, 5.41) is 14.6. The lowest BCUT2D eigenvalue weighted by Crippen LogP contribution is -2.23. The molecule has 0 fully saturated rings. The summed E-state index contributed by atoms with van der Waals surface area (Å²) in [5.74, 6) is -0.191. The third-order valence-electron chi connectivity index (χ3n) is 2.73. The van der Waals surface area contributed by atoms with E-state index in [2.05, 4.69) is 21.0 Å². The van der Waals surface area contributed by atoms with Crippen molar-refractivity contribution in [3.05, 3.63) is 28.7 Å². The molecular weight excluding hydrogens is 290 g/mol. The summed E-state index contributed by atoms with van der Waals surface area (Å²) < 4.78 is 1.56. The van der Waals surface area contributed by atoms with Gasteiger partial charge in [0.15, 0.2) is 0 Å². The zero-order valence-corrected chi connectivity index (χ0v) is 12.7. The summed E-state index contributed by atoms with van der Waals surface area (Å²) in [7, 11) is 1.59. The van der Waals surface area contributed by atoms with E-state index >= 15 is 0 Å². The summed E-state index contributed by atoms with van der Waals surface area (Å²) in [6.45, 7) is 2.25. The van der Waals surface area contributed by atoms with Gasteiger partial charge >= 0.3 is 0 Å². The van der Waals surface area contributed by atoms with Gasteiger partial charge < -0.3 is 16.0 Å². The molecule has 2 aromatic heterocycles. The zero-order chi connectivity index (χ0) is 15.2. The molecule has 0 saturated heterocycles. The third kappa shape index (κ3) is 4.32. The van der Waals surface area contributed by atoms with Gasteiger partial charge in [0.2, 0.25) is 11.8 Å². The first-order valence-electron chi connectivity index (χ1n) is 6.39. The van der Waals surface area contributed by atoms with Crippen molar-refractivity contribution in [3.63, 3.8) is 0 Å². The fraction of sp³-hybridized carbons (Fsp3) is 0.308. The first kappa shape index (κ1) is 15.0. The van der Waals surface area contributed by atoms with Crippen LogP contribution in [0.15, 0.2) is 23.8 Å². The van der Waals surface area contributed by atoms with Crippen molar-refractivity contribution in [1.82, 2.24) is 15.1 Å². The number of aromatic nitrogens is 2. The molecule has 2 rings (SSSR count). The molecular formula is C13H17N5O2S. The summed E-state index contributed by atoms with van der Waals surface area (Å²) in [6, 6.07) is 1.87. The van der Waals surface area contributed by atoms with E-state index < -0.39 is 0 Å². The van der Waals surface area contributed by atoms with Crippen molar-refractivity contribution in [1.29, 1.82) is 0 Å². The van der Waals surface area contributed by atoms with Crippen LogP contribution < -0.4 is 16.0 Å². The number of nitrogens with one attached hydrogen (secondary N) is 3. The van der Waals surface area contributed by atoms with Crippen LogP contribution in [0.3, 0.4) is 0 Å². The van der Waals surface area contributed by atoms with Crippen molar-refractivity contribution in [3.8, 4) is 0 Å². The van der Waals surface area contributed by atoms with E-state index in [0.717, 1.165) is 16.3 Å². The van der Waals surface area contributed by atoms with Gasteiger partial charge in [0.25, 0.3) is 0 Å². The highest BCUT2D eigenvalue weighted by molar-refractivity contribution is 7.10. The van der Waals surface area contributed by atoms with Crippen molar-refractivity contribution in [2.24, 2.45) is 0 Å². The van der Waals surface area contributed by atoms with E-state index in [0.29, 0.717) is 6.54 Å². The van der Waals surface area contributed by atoms with Gasteiger partial charge in [-0.15, -0.1) is 11.3 Å². The second-order valence-corrected chi connectivity index (χ2v) is 5.39. The molecule has 0 aromatic carbocycles. The molecule has 7 nitrogen and oxygen atoms in total. The Morgan fingerprint density at radius 2 is 2.24 bits per heavy atom.